The van der Waals surface area contributed by atoms with Gasteiger partial charge in [0.15, 0.2) is 17.0 Å². The van der Waals surface area contributed by atoms with Crippen LogP contribution in [-0.2, 0) is 22.5 Å². The summed E-state index contributed by atoms with van der Waals surface area (Å²) in [5, 5.41) is 0. The molecule has 8 nitrogen and oxygen atoms in total. The normalized spacial score (nSPS) is 23.5. The number of aromatic nitrogens is 4. The first-order chi connectivity index (χ1) is 13.8. The van der Waals surface area contributed by atoms with Crippen molar-refractivity contribution < 1.29 is 9.53 Å². The summed E-state index contributed by atoms with van der Waals surface area (Å²) >= 11 is 0. The number of aryl methyl sites for hydroxylation is 2. The number of ether oxygens (including phenoxy) is 1. The second kappa shape index (κ2) is 7.66. The third-order valence-electron chi connectivity index (χ3n) is 6.27. The van der Waals surface area contributed by atoms with Crippen LogP contribution in [0.5, 0.6) is 0 Å². The van der Waals surface area contributed by atoms with Gasteiger partial charge in [-0.25, -0.2) is 15.0 Å². The van der Waals surface area contributed by atoms with Crippen molar-refractivity contribution in [3.8, 4) is 0 Å². The van der Waals surface area contributed by atoms with Gasteiger partial charge in [0.05, 0.1) is 19.1 Å². The molecule has 0 spiro atoms. The molecule has 0 saturated carbocycles. The molecule has 0 N–H and O–H groups in total. The van der Waals surface area contributed by atoms with Crippen molar-refractivity contribution in [1.29, 1.82) is 0 Å². The van der Waals surface area contributed by atoms with Gasteiger partial charge in [-0.1, -0.05) is 6.42 Å². The van der Waals surface area contributed by atoms with Crippen molar-refractivity contribution in [3.05, 3.63) is 12.2 Å². The molecule has 0 aromatic carbocycles. The summed E-state index contributed by atoms with van der Waals surface area (Å²) in [7, 11) is 0. The first-order valence-electron chi connectivity index (χ1n) is 10.6. The lowest BCUT2D eigenvalue weighted by atomic mass is 9.96. The Bertz CT molecular complexity index is 860. The van der Waals surface area contributed by atoms with Gasteiger partial charge < -0.3 is 19.1 Å². The lowest BCUT2D eigenvalue weighted by Crippen LogP contribution is -2.48. The molecule has 3 aliphatic heterocycles. The van der Waals surface area contributed by atoms with E-state index in [0.717, 1.165) is 55.2 Å². The van der Waals surface area contributed by atoms with Gasteiger partial charge in [0.1, 0.15) is 12.2 Å². The highest BCUT2D eigenvalue weighted by atomic mass is 16.5. The molecule has 2 aromatic heterocycles. The smallest absolute Gasteiger partial charge is 0.227 e. The summed E-state index contributed by atoms with van der Waals surface area (Å²) in [5.74, 6) is 2.31. The largest absolute Gasteiger partial charge is 0.378 e. The Labute approximate surface area is 164 Å². The number of fused-ring (bicyclic) bond motifs is 3. The average Bonchev–Trinajstić information content (AvgIpc) is 2.95. The molecule has 150 valence electrons. The van der Waals surface area contributed by atoms with Crippen LogP contribution in [0.3, 0.4) is 0 Å². The molecule has 0 bridgehead atoms. The monoisotopic (exact) mass is 384 g/mol. The lowest BCUT2D eigenvalue weighted by molar-refractivity contribution is -0.139. The average molecular weight is 384 g/mol. The molecule has 0 unspecified atom stereocenters. The van der Waals surface area contributed by atoms with Gasteiger partial charge in [-0.05, 0) is 25.7 Å². The van der Waals surface area contributed by atoms with Crippen molar-refractivity contribution in [2.24, 2.45) is 5.92 Å². The van der Waals surface area contributed by atoms with Crippen molar-refractivity contribution >= 4 is 22.9 Å². The van der Waals surface area contributed by atoms with E-state index >= 15 is 0 Å². The number of rotatable bonds is 2. The fraction of sp³-hybridized carbons (Fsp3) is 0.700. The Kier molecular flexibility index (Phi) is 4.88. The number of hydrogen-bond donors (Lipinski definition) is 0. The van der Waals surface area contributed by atoms with E-state index in [-0.39, 0.29) is 11.8 Å². The van der Waals surface area contributed by atoms with E-state index in [1.54, 1.807) is 6.33 Å². The molecule has 0 aliphatic carbocycles. The quantitative estimate of drug-likeness (QED) is 0.783. The van der Waals surface area contributed by atoms with E-state index < -0.39 is 0 Å². The zero-order valence-corrected chi connectivity index (χ0v) is 16.3. The predicted molar refractivity (Wildman–Crippen MR) is 105 cm³/mol. The molecule has 1 amide bonds. The Morgan fingerprint density at radius 1 is 1.04 bits per heavy atom. The van der Waals surface area contributed by atoms with E-state index in [2.05, 4.69) is 19.4 Å². The van der Waals surface area contributed by atoms with Gasteiger partial charge in [-0.15, -0.1) is 0 Å². The van der Waals surface area contributed by atoms with Crippen LogP contribution in [0.2, 0.25) is 0 Å². The maximum atomic E-state index is 13.0. The maximum absolute atomic E-state index is 13.0. The molecule has 3 aliphatic rings. The molecule has 28 heavy (non-hydrogen) atoms. The van der Waals surface area contributed by atoms with E-state index in [4.69, 9.17) is 9.72 Å². The summed E-state index contributed by atoms with van der Waals surface area (Å²) in [5.41, 5.74) is 1.85. The number of amides is 1. The molecule has 0 radical (unpaired) electrons. The first kappa shape index (κ1) is 17.8. The van der Waals surface area contributed by atoms with Crippen LogP contribution in [-0.4, -0.2) is 69.7 Å². The molecule has 2 aromatic rings. The number of imidazole rings is 1. The Morgan fingerprint density at radius 2 is 1.93 bits per heavy atom. The van der Waals surface area contributed by atoms with Crippen molar-refractivity contribution in [2.75, 3.05) is 44.3 Å². The van der Waals surface area contributed by atoms with Crippen LogP contribution in [0.25, 0.3) is 11.2 Å². The minimum absolute atomic E-state index is 0.0253. The highest BCUT2D eigenvalue weighted by Gasteiger charge is 2.32. The van der Waals surface area contributed by atoms with Crippen molar-refractivity contribution in [1.82, 2.24) is 24.4 Å². The Balaban J connectivity index is 1.41. The second-order valence-corrected chi connectivity index (χ2v) is 8.08. The third-order valence-corrected chi connectivity index (χ3v) is 6.27. The van der Waals surface area contributed by atoms with E-state index in [1.165, 1.54) is 19.3 Å². The van der Waals surface area contributed by atoms with E-state index in [0.29, 0.717) is 32.8 Å². The fourth-order valence-corrected chi connectivity index (χ4v) is 4.77. The van der Waals surface area contributed by atoms with Crippen LogP contribution in [0.15, 0.2) is 6.33 Å². The summed E-state index contributed by atoms with van der Waals surface area (Å²) in [6.07, 6.45) is 8.23. The molecular weight excluding hydrogens is 356 g/mol. The summed E-state index contributed by atoms with van der Waals surface area (Å²) in [6, 6.07) is 0. The molecule has 5 rings (SSSR count). The topological polar surface area (TPSA) is 76.4 Å². The van der Waals surface area contributed by atoms with E-state index in [9.17, 15) is 4.79 Å². The SMILES string of the molecule is O=C([C@H]1CCCN(c2ncnc3c2nc2n3CCCCC2)C1)N1CCOCC1. The lowest BCUT2D eigenvalue weighted by Gasteiger charge is -2.36. The van der Waals surface area contributed by atoms with E-state index in [1.807, 2.05) is 4.90 Å². The fourth-order valence-electron chi connectivity index (χ4n) is 4.77. The maximum Gasteiger partial charge on any atom is 0.227 e. The predicted octanol–water partition coefficient (Wildman–Crippen LogP) is 1.63. The molecule has 2 saturated heterocycles. The Hall–Kier alpha value is -2.22. The molecule has 8 heteroatoms. The summed E-state index contributed by atoms with van der Waals surface area (Å²) in [6.45, 7) is 5.33. The van der Waals surface area contributed by atoms with Crippen molar-refractivity contribution in [2.45, 2.75) is 45.1 Å². The standard InChI is InChI=1S/C20H28N6O2/c27-20(24-9-11-28-12-10-24)15-5-4-7-25(13-15)18-17-19(22-14-21-18)26-8-3-1-2-6-16(26)23-17/h14-15H,1-13H2/t15-/m0/s1. The minimum Gasteiger partial charge on any atom is -0.378 e. The molecular formula is C20H28N6O2. The number of morpholine rings is 1. The summed E-state index contributed by atoms with van der Waals surface area (Å²) < 4.78 is 7.66. The minimum atomic E-state index is 0.0253. The van der Waals surface area contributed by atoms with Crippen LogP contribution in [0.1, 0.15) is 37.9 Å². The van der Waals surface area contributed by atoms with Crippen molar-refractivity contribution in [3.63, 3.8) is 0 Å². The molecule has 2 fully saturated rings. The number of hydrogen-bond acceptors (Lipinski definition) is 6. The molecule has 5 heterocycles. The second-order valence-electron chi connectivity index (χ2n) is 8.08. The number of nitrogens with zero attached hydrogens (tertiary/aromatic N) is 6. The van der Waals surface area contributed by atoms with Gasteiger partial charge in [0.25, 0.3) is 0 Å². The first-order valence-corrected chi connectivity index (χ1v) is 10.6. The van der Waals surface area contributed by atoms with Gasteiger partial charge >= 0.3 is 0 Å². The number of piperidine rings is 1. The Morgan fingerprint density at radius 3 is 2.82 bits per heavy atom. The van der Waals surface area contributed by atoms with Crippen LogP contribution < -0.4 is 4.90 Å². The number of anilines is 1. The van der Waals surface area contributed by atoms with Gasteiger partial charge in [0, 0.05) is 39.1 Å². The van der Waals surface area contributed by atoms with Gasteiger partial charge in [-0.2, -0.15) is 0 Å². The van der Waals surface area contributed by atoms with Crippen LogP contribution >= 0.6 is 0 Å². The zero-order chi connectivity index (χ0) is 18.9. The highest BCUT2D eigenvalue weighted by molar-refractivity contribution is 5.85. The zero-order valence-electron chi connectivity index (χ0n) is 16.3. The summed E-state index contributed by atoms with van der Waals surface area (Å²) in [4.78, 5) is 31.3. The van der Waals surface area contributed by atoms with Gasteiger partial charge in [0.2, 0.25) is 5.91 Å². The number of carbonyl (C=O) groups is 1. The van der Waals surface area contributed by atoms with Crippen LogP contribution in [0.4, 0.5) is 5.82 Å². The van der Waals surface area contributed by atoms with Crippen LogP contribution in [0, 0.1) is 5.92 Å². The molecule has 1 atom stereocenters. The van der Waals surface area contributed by atoms with Gasteiger partial charge in [-0.3, -0.25) is 4.79 Å². The highest BCUT2D eigenvalue weighted by Crippen LogP contribution is 2.30. The third kappa shape index (κ3) is 3.23. The number of carbonyl (C=O) groups excluding carboxylic acids is 1.